The van der Waals surface area contributed by atoms with Gasteiger partial charge in [-0.15, -0.1) is 0 Å². The zero-order chi connectivity index (χ0) is 18.0. The summed E-state index contributed by atoms with van der Waals surface area (Å²) >= 11 is 0. The van der Waals surface area contributed by atoms with E-state index in [9.17, 15) is 23.1 Å². The zero-order valence-corrected chi connectivity index (χ0v) is 13.6. The van der Waals surface area contributed by atoms with E-state index >= 15 is 0 Å². The van der Waals surface area contributed by atoms with Gasteiger partial charge in [-0.1, -0.05) is 6.07 Å². The smallest absolute Gasteiger partial charge is 0.417 e. The Morgan fingerprint density at radius 1 is 1.38 bits per heavy atom. The highest BCUT2D eigenvalue weighted by atomic mass is 19.4. The fourth-order valence-electron chi connectivity index (χ4n) is 2.68. The molecule has 1 aliphatic heterocycles. The molecule has 5 nitrogen and oxygen atoms in total. The molecule has 2 rings (SSSR count). The summed E-state index contributed by atoms with van der Waals surface area (Å²) in [5, 5.41) is 12.3. The van der Waals surface area contributed by atoms with Crippen LogP contribution in [0.4, 0.5) is 18.9 Å². The number of alkyl halides is 3. The molecule has 0 bridgehead atoms. The van der Waals surface area contributed by atoms with E-state index in [-0.39, 0.29) is 25.5 Å². The average molecular weight is 346 g/mol. The molecule has 2 N–H and O–H groups in total. The van der Waals surface area contributed by atoms with Gasteiger partial charge in [0.25, 0.3) is 0 Å². The predicted octanol–water partition coefficient (Wildman–Crippen LogP) is 2.33. The molecule has 0 saturated carbocycles. The maximum atomic E-state index is 12.8. The molecule has 1 aliphatic rings. The molecule has 1 aromatic carbocycles. The molecule has 24 heavy (non-hydrogen) atoms. The SMILES string of the molecule is COc1ccc(C)cc1NC(=O)CN1CCC(O)(C(F)(F)F)CC1. The molecule has 1 aromatic rings. The lowest BCUT2D eigenvalue weighted by Gasteiger charge is -2.38. The number of aliphatic hydroxyl groups is 1. The van der Waals surface area contributed by atoms with Gasteiger partial charge in [0.1, 0.15) is 5.75 Å². The molecule has 134 valence electrons. The van der Waals surface area contributed by atoms with E-state index in [0.717, 1.165) is 5.56 Å². The number of carbonyl (C=O) groups excluding carboxylic acids is 1. The summed E-state index contributed by atoms with van der Waals surface area (Å²) in [5.74, 6) is 0.176. The third-order valence-electron chi connectivity index (χ3n) is 4.21. The van der Waals surface area contributed by atoms with E-state index in [2.05, 4.69) is 5.32 Å². The second-order valence-electron chi connectivity index (χ2n) is 6.06. The number of ether oxygens (including phenoxy) is 1. The second kappa shape index (κ2) is 6.98. The molecule has 0 radical (unpaired) electrons. The Kier molecular flexibility index (Phi) is 5.39. The van der Waals surface area contributed by atoms with Crippen molar-refractivity contribution in [2.45, 2.75) is 31.5 Å². The number of amides is 1. The maximum Gasteiger partial charge on any atom is 0.417 e. The van der Waals surface area contributed by atoms with Gasteiger partial charge in [-0.05, 0) is 37.5 Å². The van der Waals surface area contributed by atoms with Crippen LogP contribution in [0.3, 0.4) is 0 Å². The monoisotopic (exact) mass is 346 g/mol. The molecule has 0 spiro atoms. The number of aryl methyl sites for hydroxylation is 1. The fraction of sp³-hybridized carbons (Fsp3) is 0.562. The third kappa shape index (κ3) is 4.18. The molecule has 0 atom stereocenters. The highest BCUT2D eigenvalue weighted by Crippen LogP contribution is 2.38. The number of anilines is 1. The van der Waals surface area contributed by atoms with E-state index in [1.807, 2.05) is 13.0 Å². The number of benzene rings is 1. The number of piperidine rings is 1. The Morgan fingerprint density at radius 2 is 2.00 bits per heavy atom. The number of nitrogens with zero attached hydrogens (tertiary/aromatic N) is 1. The van der Waals surface area contributed by atoms with E-state index in [0.29, 0.717) is 11.4 Å². The molecular weight excluding hydrogens is 325 g/mol. The van der Waals surface area contributed by atoms with Crippen molar-refractivity contribution in [2.24, 2.45) is 0 Å². The molecule has 0 unspecified atom stereocenters. The van der Waals surface area contributed by atoms with Gasteiger partial charge >= 0.3 is 6.18 Å². The molecule has 1 saturated heterocycles. The summed E-state index contributed by atoms with van der Waals surface area (Å²) in [6.07, 6.45) is -5.51. The third-order valence-corrected chi connectivity index (χ3v) is 4.21. The van der Waals surface area contributed by atoms with Crippen LogP contribution in [0.1, 0.15) is 18.4 Å². The van der Waals surface area contributed by atoms with Crippen LogP contribution in [-0.2, 0) is 4.79 Å². The molecule has 1 heterocycles. The zero-order valence-electron chi connectivity index (χ0n) is 13.6. The van der Waals surface area contributed by atoms with Crippen LogP contribution in [0.15, 0.2) is 18.2 Å². The van der Waals surface area contributed by atoms with E-state index in [4.69, 9.17) is 4.74 Å². The van der Waals surface area contributed by atoms with Crippen molar-refractivity contribution in [3.63, 3.8) is 0 Å². The lowest BCUT2D eigenvalue weighted by molar-refractivity contribution is -0.272. The number of hydrogen-bond donors (Lipinski definition) is 2. The van der Waals surface area contributed by atoms with E-state index in [1.54, 1.807) is 17.0 Å². The molecule has 8 heteroatoms. The van der Waals surface area contributed by atoms with Crippen molar-refractivity contribution in [1.82, 2.24) is 4.90 Å². The lowest BCUT2D eigenvalue weighted by Crippen LogP contribution is -2.54. The fourth-order valence-corrected chi connectivity index (χ4v) is 2.68. The largest absolute Gasteiger partial charge is 0.495 e. The summed E-state index contributed by atoms with van der Waals surface area (Å²) in [6, 6.07) is 5.34. The summed E-state index contributed by atoms with van der Waals surface area (Å²) in [4.78, 5) is 13.7. The van der Waals surface area contributed by atoms with Gasteiger partial charge < -0.3 is 15.2 Å². The van der Waals surface area contributed by atoms with Crippen LogP contribution in [0, 0.1) is 6.92 Å². The Bertz CT molecular complexity index is 597. The minimum atomic E-state index is -4.64. The minimum absolute atomic E-state index is 0.00832. The van der Waals surface area contributed by atoms with Crippen LogP contribution in [0.25, 0.3) is 0 Å². The first-order chi connectivity index (χ1) is 11.1. The van der Waals surface area contributed by atoms with Crippen LogP contribution >= 0.6 is 0 Å². The molecule has 1 fully saturated rings. The number of methoxy groups -OCH3 is 1. The number of carbonyl (C=O) groups is 1. The first-order valence-corrected chi connectivity index (χ1v) is 7.60. The highest BCUT2D eigenvalue weighted by Gasteiger charge is 2.54. The van der Waals surface area contributed by atoms with Crippen LogP contribution in [-0.4, -0.2) is 54.4 Å². The van der Waals surface area contributed by atoms with Gasteiger partial charge in [0.15, 0.2) is 5.60 Å². The number of halogens is 3. The van der Waals surface area contributed by atoms with Gasteiger partial charge in [-0.25, -0.2) is 0 Å². The molecule has 0 aromatic heterocycles. The molecule has 0 aliphatic carbocycles. The van der Waals surface area contributed by atoms with Crippen molar-refractivity contribution >= 4 is 11.6 Å². The summed E-state index contributed by atoms with van der Waals surface area (Å²) in [7, 11) is 1.49. The Balaban J connectivity index is 1.92. The number of likely N-dealkylation sites (tertiary alicyclic amines) is 1. The van der Waals surface area contributed by atoms with Crippen molar-refractivity contribution in [1.29, 1.82) is 0 Å². The summed E-state index contributed by atoms with van der Waals surface area (Å²) < 4.78 is 43.5. The summed E-state index contributed by atoms with van der Waals surface area (Å²) in [5.41, 5.74) is -1.19. The average Bonchev–Trinajstić information content (AvgIpc) is 2.49. The second-order valence-corrected chi connectivity index (χ2v) is 6.06. The Morgan fingerprint density at radius 3 is 2.54 bits per heavy atom. The van der Waals surface area contributed by atoms with Crippen molar-refractivity contribution in [2.75, 3.05) is 32.1 Å². The van der Waals surface area contributed by atoms with Gasteiger partial charge in [0.05, 0.1) is 19.3 Å². The van der Waals surface area contributed by atoms with Crippen molar-refractivity contribution in [3.8, 4) is 5.75 Å². The number of nitrogens with one attached hydrogen (secondary N) is 1. The normalized spacial score (nSPS) is 18.2. The predicted molar refractivity (Wildman–Crippen MR) is 83.0 cm³/mol. The number of rotatable bonds is 4. The number of hydrogen-bond acceptors (Lipinski definition) is 4. The minimum Gasteiger partial charge on any atom is -0.495 e. The first-order valence-electron chi connectivity index (χ1n) is 7.60. The highest BCUT2D eigenvalue weighted by molar-refractivity contribution is 5.93. The van der Waals surface area contributed by atoms with Gasteiger partial charge in [0, 0.05) is 13.1 Å². The van der Waals surface area contributed by atoms with Crippen LogP contribution in [0.5, 0.6) is 5.75 Å². The first kappa shape index (κ1) is 18.5. The Labute approximate surface area is 138 Å². The van der Waals surface area contributed by atoms with Crippen molar-refractivity contribution in [3.05, 3.63) is 23.8 Å². The summed E-state index contributed by atoms with van der Waals surface area (Å²) in [6.45, 7) is 1.85. The van der Waals surface area contributed by atoms with Crippen molar-refractivity contribution < 1.29 is 27.8 Å². The topological polar surface area (TPSA) is 61.8 Å². The van der Waals surface area contributed by atoms with Gasteiger partial charge in [0.2, 0.25) is 5.91 Å². The maximum absolute atomic E-state index is 12.8. The quantitative estimate of drug-likeness (QED) is 0.878. The van der Waals surface area contributed by atoms with Crippen LogP contribution < -0.4 is 10.1 Å². The molecular formula is C16H21F3N2O3. The molecule has 1 amide bonds. The lowest BCUT2D eigenvalue weighted by atomic mass is 9.91. The van der Waals surface area contributed by atoms with E-state index in [1.165, 1.54) is 7.11 Å². The van der Waals surface area contributed by atoms with Crippen LogP contribution in [0.2, 0.25) is 0 Å². The van der Waals surface area contributed by atoms with Gasteiger partial charge in [-0.3, -0.25) is 9.69 Å². The standard InChI is InChI=1S/C16H21F3N2O3/c1-11-3-4-13(24-2)12(9-11)20-14(22)10-21-7-5-15(23,6-8-21)16(17,18)19/h3-4,9,23H,5-8,10H2,1-2H3,(H,20,22). The van der Waals surface area contributed by atoms with E-state index < -0.39 is 24.6 Å². The van der Waals surface area contributed by atoms with Gasteiger partial charge in [-0.2, -0.15) is 13.2 Å². The Hall–Kier alpha value is -1.80.